The van der Waals surface area contributed by atoms with E-state index in [2.05, 4.69) is 15.6 Å². The molecular formula is C27H46N4O7. The van der Waals surface area contributed by atoms with E-state index in [1.54, 1.807) is 27.7 Å². The number of amides is 2. The van der Waals surface area contributed by atoms with Crippen molar-refractivity contribution in [3.63, 3.8) is 0 Å². The van der Waals surface area contributed by atoms with Gasteiger partial charge in [0.1, 0.15) is 17.4 Å². The number of carbonyl (C=O) groups is 4. The number of rotatable bonds is 14. The van der Waals surface area contributed by atoms with Gasteiger partial charge in [0.05, 0.1) is 11.6 Å². The first-order valence-corrected chi connectivity index (χ1v) is 13.2. The number of carboxylic acid groups (broad SMARTS) is 1. The number of carbonyl (C=O) groups excluding carboxylic acids is 3. The smallest absolute Gasteiger partial charge is 0.407 e. The molecule has 1 aliphatic rings. The number of hydrogen-bond donors (Lipinski definition) is 5. The number of alkyl carbamates (subject to hydrolysis) is 1. The summed E-state index contributed by atoms with van der Waals surface area (Å²) in [5.74, 6) is -1.73. The highest BCUT2D eigenvalue weighted by Crippen LogP contribution is 2.36. The van der Waals surface area contributed by atoms with Gasteiger partial charge >= 0.3 is 12.1 Å². The average Bonchev–Trinajstić information content (AvgIpc) is 2.74. The molecule has 2 amide bonds. The lowest BCUT2D eigenvalue weighted by Gasteiger charge is -2.29. The van der Waals surface area contributed by atoms with Gasteiger partial charge in [-0.2, -0.15) is 0 Å². The minimum absolute atomic E-state index is 0.0665. The molecule has 6 N–H and O–H groups in total. The summed E-state index contributed by atoms with van der Waals surface area (Å²) in [5, 5.41) is 24.9. The lowest BCUT2D eigenvalue weighted by molar-refractivity contribution is -0.142. The predicted octanol–water partition coefficient (Wildman–Crippen LogP) is 3.41. The second-order valence-corrected chi connectivity index (χ2v) is 11.7. The SMILES string of the molecule is CC(=NCCCC[C@H](NC(=O)[C@@H](N)CCCCNC(=O)OC(C)(C)C)C(=O)O)C1=C(O)CC(C)(C)CC1=O. The monoisotopic (exact) mass is 538 g/mol. The summed E-state index contributed by atoms with van der Waals surface area (Å²) in [6, 6.07) is -1.93. The Morgan fingerprint density at radius 2 is 1.74 bits per heavy atom. The van der Waals surface area contributed by atoms with E-state index in [0.717, 1.165) is 0 Å². The van der Waals surface area contributed by atoms with Crippen molar-refractivity contribution in [2.24, 2.45) is 16.1 Å². The first-order valence-electron chi connectivity index (χ1n) is 13.2. The van der Waals surface area contributed by atoms with E-state index < -0.39 is 35.7 Å². The van der Waals surface area contributed by atoms with Crippen LogP contribution >= 0.6 is 0 Å². The van der Waals surface area contributed by atoms with Crippen LogP contribution in [0.1, 0.15) is 92.9 Å². The Hall–Kier alpha value is -2.95. The number of unbranched alkanes of at least 4 members (excludes halogenated alkanes) is 2. The van der Waals surface area contributed by atoms with Crippen LogP contribution in [0.25, 0.3) is 0 Å². The van der Waals surface area contributed by atoms with E-state index in [0.29, 0.717) is 63.7 Å². The van der Waals surface area contributed by atoms with Crippen LogP contribution in [0, 0.1) is 5.41 Å². The maximum atomic E-state index is 12.4. The van der Waals surface area contributed by atoms with Crippen LogP contribution in [0.4, 0.5) is 4.79 Å². The van der Waals surface area contributed by atoms with Gasteiger partial charge in [0.2, 0.25) is 5.91 Å². The molecule has 0 saturated carbocycles. The molecule has 0 heterocycles. The second-order valence-electron chi connectivity index (χ2n) is 11.7. The Bertz CT molecular complexity index is 919. The van der Waals surface area contributed by atoms with E-state index in [1.807, 2.05) is 13.8 Å². The molecule has 0 aromatic heterocycles. The van der Waals surface area contributed by atoms with Gasteiger partial charge in [-0.1, -0.05) is 13.8 Å². The molecule has 1 aliphatic carbocycles. The van der Waals surface area contributed by atoms with Crippen molar-refractivity contribution in [1.82, 2.24) is 10.6 Å². The number of ether oxygens (including phenoxy) is 1. The van der Waals surface area contributed by atoms with Crippen molar-refractivity contribution in [2.75, 3.05) is 13.1 Å². The fraction of sp³-hybridized carbons (Fsp3) is 0.741. The Balaban J connectivity index is 2.40. The van der Waals surface area contributed by atoms with Gasteiger partial charge in [-0.15, -0.1) is 0 Å². The topological polar surface area (TPSA) is 180 Å². The summed E-state index contributed by atoms with van der Waals surface area (Å²) < 4.78 is 5.14. The Labute approximate surface area is 225 Å². The van der Waals surface area contributed by atoms with Crippen LogP contribution in [0.15, 0.2) is 16.3 Å². The summed E-state index contributed by atoms with van der Waals surface area (Å²) >= 11 is 0. The van der Waals surface area contributed by atoms with E-state index in [4.69, 9.17) is 10.5 Å². The van der Waals surface area contributed by atoms with Crippen LogP contribution in [0.3, 0.4) is 0 Å². The van der Waals surface area contributed by atoms with Crippen molar-refractivity contribution >= 4 is 29.5 Å². The Morgan fingerprint density at radius 1 is 1.11 bits per heavy atom. The van der Waals surface area contributed by atoms with E-state index >= 15 is 0 Å². The van der Waals surface area contributed by atoms with Crippen LogP contribution in [0.5, 0.6) is 0 Å². The van der Waals surface area contributed by atoms with Gasteiger partial charge in [0.25, 0.3) is 0 Å². The van der Waals surface area contributed by atoms with Crippen molar-refractivity contribution in [3.05, 3.63) is 11.3 Å². The average molecular weight is 539 g/mol. The summed E-state index contributed by atoms with van der Waals surface area (Å²) in [7, 11) is 0. The third-order valence-corrected chi connectivity index (χ3v) is 6.03. The number of carboxylic acids is 1. The van der Waals surface area contributed by atoms with Crippen LogP contribution < -0.4 is 16.4 Å². The molecule has 0 unspecified atom stereocenters. The normalized spacial score (nSPS) is 17.6. The molecule has 0 spiro atoms. The van der Waals surface area contributed by atoms with Crippen molar-refractivity contribution < 1.29 is 34.1 Å². The zero-order valence-corrected chi connectivity index (χ0v) is 23.7. The number of Topliss-reactive ketones (excluding diaryl/α,β-unsaturated/α-hetero) is 1. The number of allylic oxidation sites excluding steroid dienone is 2. The highest BCUT2D eigenvalue weighted by atomic mass is 16.6. The molecule has 11 heteroatoms. The number of aliphatic imine (C=N–C) groups is 1. The highest BCUT2D eigenvalue weighted by molar-refractivity contribution is 6.22. The third-order valence-electron chi connectivity index (χ3n) is 6.03. The van der Waals surface area contributed by atoms with Gasteiger partial charge < -0.3 is 31.3 Å². The Kier molecular flexibility index (Phi) is 12.9. The van der Waals surface area contributed by atoms with Gasteiger partial charge in [0, 0.05) is 31.6 Å². The molecule has 216 valence electrons. The van der Waals surface area contributed by atoms with E-state index in [1.165, 1.54) is 0 Å². The van der Waals surface area contributed by atoms with Crippen LogP contribution in [0.2, 0.25) is 0 Å². The number of aliphatic carboxylic acids is 1. The number of aliphatic hydroxyl groups excluding tert-OH is 1. The fourth-order valence-electron chi connectivity index (χ4n) is 4.15. The number of nitrogens with one attached hydrogen (secondary N) is 2. The van der Waals surface area contributed by atoms with Crippen molar-refractivity contribution in [2.45, 2.75) is 111 Å². The van der Waals surface area contributed by atoms with Gasteiger partial charge in [0.15, 0.2) is 5.78 Å². The molecule has 0 bridgehead atoms. The Morgan fingerprint density at radius 3 is 2.32 bits per heavy atom. The predicted molar refractivity (Wildman–Crippen MR) is 145 cm³/mol. The quantitative estimate of drug-likeness (QED) is 0.165. The molecule has 2 atom stereocenters. The van der Waals surface area contributed by atoms with Gasteiger partial charge in [-0.05, 0) is 71.6 Å². The van der Waals surface area contributed by atoms with E-state index in [9.17, 15) is 29.4 Å². The molecule has 0 aromatic rings. The standard InChI is InChI=1S/C27H46N4O7/c1-17(22-20(32)15-27(5,6)16-21(22)33)29-13-10-8-12-19(24(35)36)31-23(34)18(28)11-7-9-14-30-25(37)38-26(2,3)4/h18-19,32H,7-16,28H2,1-6H3,(H,30,37)(H,31,34)(H,35,36)/t18-,19-/m0/s1. The zero-order chi connectivity index (χ0) is 29.1. The highest BCUT2D eigenvalue weighted by Gasteiger charge is 2.34. The number of nitrogens with zero attached hydrogens (tertiary/aromatic N) is 1. The van der Waals surface area contributed by atoms with Crippen LogP contribution in [-0.2, 0) is 19.1 Å². The summed E-state index contributed by atoms with van der Waals surface area (Å²) in [4.78, 5) is 52.4. The number of hydrogen-bond acceptors (Lipinski definition) is 8. The van der Waals surface area contributed by atoms with Crippen molar-refractivity contribution in [1.29, 1.82) is 0 Å². The maximum Gasteiger partial charge on any atom is 0.407 e. The number of aliphatic hydroxyl groups is 1. The van der Waals surface area contributed by atoms with Gasteiger partial charge in [-0.3, -0.25) is 14.6 Å². The number of nitrogens with two attached hydrogens (primary N) is 1. The maximum absolute atomic E-state index is 12.4. The summed E-state index contributed by atoms with van der Waals surface area (Å²) in [5.41, 5.74) is 5.84. The summed E-state index contributed by atoms with van der Waals surface area (Å²) in [6.45, 7) is 11.6. The van der Waals surface area contributed by atoms with E-state index in [-0.39, 0.29) is 29.0 Å². The second kappa shape index (κ2) is 14.8. The first-order chi connectivity index (χ1) is 17.5. The lowest BCUT2D eigenvalue weighted by Crippen LogP contribution is -2.48. The molecular weight excluding hydrogens is 492 g/mol. The molecule has 0 aromatic carbocycles. The first kappa shape index (κ1) is 33.1. The largest absolute Gasteiger partial charge is 0.511 e. The molecule has 11 nitrogen and oxygen atoms in total. The fourth-order valence-corrected chi connectivity index (χ4v) is 4.15. The molecule has 0 fully saturated rings. The van der Waals surface area contributed by atoms with Crippen LogP contribution in [-0.4, -0.2) is 70.5 Å². The zero-order valence-electron chi connectivity index (χ0n) is 23.7. The lowest BCUT2D eigenvalue weighted by atomic mass is 9.76. The third kappa shape index (κ3) is 12.5. The number of ketones is 1. The summed E-state index contributed by atoms with van der Waals surface area (Å²) in [6.07, 6.45) is 3.05. The minimum atomic E-state index is -1.14. The molecule has 0 saturated heterocycles. The molecule has 0 aliphatic heterocycles. The molecule has 0 radical (unpaired) electrons. The van der Waals surface area contributed by atoms with Gasteiger partial charge in [-0.25, -0.2) is 9.59 Å². The van der Waals surface area contributed by atoms with Crippen molar-refractivity contribution in [3.8, 4) is 0 Å². The molecule has 1 rings (SSSR count). The molecule has 38 heavy (non-hydrogen) atoms. The minimum Gasteiger partial charge on any atom is -0.511 e.